The Morgan fingerprint density at radius 3 is 0.830 bits per heavy atom. The van der Waals surface area contributed by atoms with Crippen molar-refractivity contribution < 1.29 is 24.5 Å². The summed E-state index contributed by atoms with van der Waals surface area (Å²) < 4.78 is 5.51. The van der Waals surface area contributed by atoms with Crippen molar-refractivity contribution in [2.24, 2.45) is 0 Å². The minimum Gasteiger partial charge on any atom is -0.466 e. The first-order chi connectivity index (χ1) is 46.5. The molecule has 2 unspecified atom stereocenters. The van der Waals surface area contributed by atoms with Crippen LogP contribution in [0.5, 0.6) is 0 Å². The number of allylic oxidation sites excluding steroid dienone is 7. The summed E-state index contributed by atoms with van der Waals surface area (Å²) in [4.78, 5) is 24.7. The minimum atomic E-state index is -0.843. The molecule has 94 heavy (non-hydrogen) atoms. The number of ether oxygens (including phenoxy) is 1. The van der Waals surface area contributed by atoms with Gasteiger partial charge in [-0.2, -0.15) is 0 Å². The van der Waals surface area contributed by atoms with Crippen LogP contribution in [0, 0.1) is 0 Å². The molecule has 2 atom stereocenters. The van der Waals surface area contributed by atoms with Crippen LogP contribution in [0.3, 0.4) is 0 Å². The lowest BCUT2D eigenvalue weighted by Gasteiger charge is -2.20. The van der Waals surface area contributed by atoms with Crippen molar-refractivity contribution in [3.05, 3.63) is 48.6 Å². The van der Waals surface area contributed by atoms with Gasteiger partial charge in [-0.05, 0) is 89.9 Å². The van der Waals surface area contributed by atoms with E-state index in [9.17, 15) is 19.8 Å². The van der Waals surface area contributed by atoms with E-state index < -0.39 is 12.1 Å². The van der Waals surface area contributed by atoms with E-state index in [2.05, 4.69) is 55.6 Å². The number of aliphatic hydroxyl groups is 2. The standard InChI is InChI=1S/C88H167NO5/c1-3-5-7-9-11-13-15-17-19-21-23-24-42-45-48-52-56-60-64-68-72-76-80-86(91)85(84-90)89-87(92)81-77-73-69-65-61-57-53-49-46-43-40-38-36-34-32-30-28-26-25-27-29-31-33-35-37-39-41-44-47-51-55-59-63-67-71-75-79-83-94-88(93)82-78-74-70-66-62-58-54-50-22-20-18-16-14-12-10-8-6-4-2/h14,16,20,22,25,27,76,80,85-86,90-91H,3-13,15,17-19,21,23-24,26,28-75,77-79,81-84H2,1-2H3,(H,89,92)/b16-14-,22-20-,27-25-,80-76+. The molecule has 0 aliphatic carbocycles. The Balaban J connectivity index is 3.35. The van der Waals surface area contributed by atoms with E-state index in [0.29, 0.717) is 19.4 Å². The highest BCUT2D eigenvalue weighted by atomic mass is 16.5. The van der Waals surface area contributed by atoms with Crippen molar-refractivity contribution in [3.8, 4) is 0 Å². The van der Waals surface area contributed by atoms with Gasteiger partial charge in [-0.25, -0.2) is 0 Å². The van der Waals surface area contributed by atoms with Gasteiger partial charge < -0.3 is 20.3 Å². The van der Waals surface area contributed by atoms with Crippen molar-refractivity contribution in [1.82, 2.24) is 5.32 Å². The topological polar surface area (TPSA) is 95.9 Å². The molecule has 3 N–H and O–H groups in total. The van der Waals surface area contributed by atoms with Crippen LogP contribution < -0.4 is 5.32 Å². The summed E-state index contributed by atoms with van der Waals surface area (Å²) in [5, 5.41) is 23.3. The first kappa shape index (κ1) is 91.8. The number of carbonyl (C=O) groups is 2. The van der Waals surface area contributed by atoms with E-state index in [1.54, 1.807) is 6.08 Å². The number of hydrogen-bond donors (Lipinski definition) is 3. The summed E-state index contributed by atoms with van der Waals surface area (Å²) in [6, 6.07) is -0.627. The highest BCUT2D eigenvalue weighted by Crippen LogP contribution is 2.20. The first-order valence-electron chi connectivity index (χ1n) is 42.9. The molecule has 0 aromatic rings. The van der Waals surface area contributed by atoms with Crippen molar-refractivity contribution in [2.45, 2.75) is 488 Å². The second-order valence-corrected chi connectivity index (χ2v) is 29.5. The molecule has 0 bridgehead atoms. The number of aliphatic hydroxyl groups excluding tert-OH is 2. The quantitative estimate of drug-likeness (QED) is 0.0320. The van der Waals surface area contributed by atoms with Gasteiger partial charge in [0.15, 0.2) is 0 Å². The van der Waals surface area contributed by atoms with Crippen LogP contribution in [0.4, 0.5) is 0 Å². The second-order valence-electron chi connectivity index (χ2n) is 29.5. The van der Waals surface area contributed by atoms with Crippen molar-refractivity contribution in [2.75, 3.05) is 13.2 Å². The molecule has 6 heteroatoms. The second kappa shape index (κ2) is 83.2. The van der Waals surface area contributed by atoms with E-state index >= 15 is 0 Å². The molecule has 0 spiro atoms. The van der Waals surface area contributed by atoms with E-state index in [0.717, 1.165) is 51.4 Å². The zero-order valence-electron chi connectivity index (χ0n) is 63.7. The maximum Gasteiger partial charge on any atom is 0.305 e. The lowest BCUT2D eigenvalue weighted by molar-refractivity contribution is -0.143. The predicted molar refractivity (Wildman–Crippen MR) is 416 cm³/mol. The maximum absolute atomic E-state index is 12.6. The van der Waals surface area contributed by atoms with Gasteiger partial charge >= 0.3 is 5.97 Å². The number of esters is 1. The zero-order valence-corrected chi connectivity index (χ0v) is 63.7. The SMILES string of the molecule is CCCCCC/C=C\C/C=C\CCCCCCCCCC(=O)OCCCCCCCCCCCCCCCCCC/C=C\CCCCCCCCCCCCCCCCCCCC(=O)NC(CO)C(O)/C=C/CCCCCCCCCCCCCCCCCCCCCC. The Bertz CT molecular complexity index is 1570. The third-order valence-corrected chi connectivity index (χ3v) is 20.1. The van der Waals surface area contributed by atoms with Crippen LogP contribution in [0.15, 0.2) is 48.6 Å². The summed E-state index contributed by atoms with van der Waals surface area (Å²) in [5.41, 5.74) is 0. The molecule has 0 fully saturated rings. The number of hydrogen-bond acceptors (Lipinski definition) is 5. The van der Waals surface area contributed by atoms with Crippen LogP contribution in [-0.2, 0) is 14.3 Å². The molecule has 0 aliphatic heterocycles. The monoisotopic (exact) mass is 1320 g/mol. The lowest BCUT2D eigenvalue weighted by Crippen LogP contribution is -2.45. The smallest absolute Gasteiger partial charge is 0.305 e. The van der Waals surface area contributed by atoms with Crippen molar-refractivity contribution >= 4 is 11.9 Å². The molecular formula is C88H167NO5. The van der Waals surface area contributed by atoms with Crippen LogP contribution in [0.2, 0.25) is 0 Å². The summed E-state index contributed by atoms with van der Waals surface area (Å²) in [5.74, 6) is -0.0446. The Morgan fingerprint density at radius 1 is 0.298 bits per heavy atom. The predicted octanol–water partition coefficient (Wildman–Crippen LogP) is 28.7. The largest absolute Gasteiger partial charge is 0.466 e. The molecule has 1 amide bonds. The first-order valence-corrected chi connectivity index (χ1v) is 42.9. The molecule has 6 nitrogen and oxygen atoms in total. The van der Waals surface area contributed by atoms with Crippen molar-refractivity contribution in [1.29, 1.82) is 0 Å². The molecule has 554 valence electrons. The third kappa shape index (κ3) is 78.8. The van der Waals surface area contributed by atoms with Gasteiger partial charge in [0.2, 0.25) is 5.91 Å². The number of amides is 1. The Kier molecular flexibility index (Phi) is 81.3. The minimum absolute atomic E-state index is 0.0146. The highest BCUT2D eigenvalue weighted by molar-refractivity contribution is 5.76. The van der Waals surface area contributed by atoms with E-state index in [1.165, 1.54) is 398 Å². The highest BCUT2D eigenvalue weighted by Gasteiger charge is 2.18. The van der Waals surface area contributed by atoms with Gasteiger partial charge in [0.25, 0.3) is 0 Å². The molecule has 0 aromatic heterocycles. The zero-order chi connectivity index (χ0) is 67.7. The van der Waals surface area contributed by atoms with Crippen LogP contribution in [0.1, 0.15) is 476 Å². The lowest BCUT2D eigenvalue weighted by atomic mass is 10.0. The number of rotatable bonds is 81. The molecular weight excluding hydrogens is 1150 g/mol. The molecule has 0 saturated carbocycles. The van der Waals surface area contributed by atoms with Gasteiger partial charge in [-0.3, -0.25) is 9.59 Å². The van der Waals surface area contributed by atoms with Gasteiger partial charge in [-0.1, -0.05) is 422 Å². The van der Waals surface area contributed by atoms with E-state index in [1.807, 2.05) is 6.08 Å². The normalized spacial score (nSPS) is 12.7. The Labute approximate surface area is 588 Å². The summed E-state index contributed by atoms with van der Waals surface area (Å²) in [7, 11) is 0. The maximum atomic E-state index is 12.6. The average Bonchev–Trinajstić information content (AvgIpc) is 3.65. The van der Waals surface area contributed by atoms with E-state index in [-0.39, 0.29) is 18.5 Å². The third-order valence-electron chi connectivity index (χ3n) is 20.1. The van der Waals surface area contributed by atoms with Crippen LogP contribution >= 0.6 is 0 Å². The van der Waals surface area contributed by atoms with E-state index in [4.69, 9.17) is 4.74 Å². The Hall–Kier alpha value is -2.18. The van der Waals surface area contributed by atoms with Gasteiger partial charge in [0.05, 0.1) is 25.4 Å². The fraction of sp³-hybridized carbons (Fsp3) is 0.886. The number of carbonyl (C=O) groups excluding carboxylic acids is 2. The fourth-order valence-electron chi connectivity index (χ4n) is 13.5. The average molecular weight is 1320 g/mol. The van der Waals surface area contributed by atoms with Gasteiger partial charge in [0.1, 0.15) is 0 Å². The van der Waals surface area contributed by atoms with Gasteiger partial charge in [-0.15, -0.1) is 0 Å². The van der Waals surface area contributed by atoms with Crippen LogP contribution in [-0.4, -0.2) is 47.4 Å². The summed E-state index contributed by atoms with van der Waals surface area (Å²) in [6.45, 7) is 4.94. The van der Waals surface area contributed by atoms with Gasteiger partial charge in [0, 0.05) is 12.8 Å². The number of unbranched alkanes of at least 4 members (excludes halogenated alkanes) is 64. The molecule has 0 radical (unpaired) electrons. The summed E-state index contributed by atoms with van der Waals surface area (Å²) >= 11 is 0. The summed E-state index contributed by atoms with van der Waals surface area (Å²) in [6.07, 6.45) is 111. The molecule has 0 saturated heterocycles. The van der Waals surface area contributed by atoms with Crippen molar-refractivity contribution in [3.63, 3.8) is 0 Å². The molecule has 0 aliphatic rings. The Morgan fingerprint density at radius 2 is 0.532 bits per heavy atom. The number of nitrogens with one attached hydrogen (secondary N) is 1. The van der Waals surface area contributed by atoms with Crippen LogP contribution in [0.25, 0.3) is 0 Å². The molecule has 0 rings (SSSR count). The molecule has 0 aromatic carbocycles. The fourth-order valence-corrected chi connectivity index (χ4v) is 13.5. The molecule has 0 heterocycles.